The van der Waals surface area contributed by atoms with Gasteiger partial charge < -0.3 is 4.74 Å². The lowest BCUT2D eigenvalue weighted by Crippen LogP contribution is -2.00. The van der Waals surface area contributed by atoms with Crippen LogP contribution < -0.4 is 0 Å². The fourth-order valence-corrected chi connectivity index (χ4v) is 1.86. The van der Waals surface area contributed by atoms with Crippen LogP contribution in [0, 0.1) is 0 Å². The molecule has 0 bridgehead atoms. The molecule has 0 unspecified atom stereocenters. The third-order valence-corrected chi connectivity index (χ3v) is 2.76. The molecule has 0 amide bonds. The number of nitrogens with zero attached hydrogens (tertiary/aromatic N) is 1. The zero-order valence-electron chi connectivity index (χ0n) is 8.03. The van der Waals surface area contributed by atoms with Crippen LogP contribution in [0.5, 0.6) is 0 Å². The molecule has 0 atom stereocenters. The van der Waals surface area contributed by atoms with Crippen molar-refractivity contribution in [3.8, 4) is 0 Å². The lowest BCUT2D eigenvalue weighted by molar-refractivity contribution is 0.0601. The standard InChI is InChI=1S/C11H8BrNO2/c1-15-11(14)7-2-3-9-8(4-7)5-13-6-10(9)12/h2-6H,1H3. The Hall–Kier alpha value is -1.42. The Bertz CT molecular complexity index is 525. The number of benzene rings is 1. The number of carbonyl (C=O) groups is 1. The minimum atomic E-state index is -0.336. The van der Waals surface area contributed by atoms with E-state index in [1.54, 1.807) is 24.5 Å². The van der Waals surface area contributed by atoms with Gasteiger partial charge in [-0.15, -0.1) is 0 Å². The molecule has 1 aromatic carbocycles. The number of halogens is 1. The van der Waals surface area contributed by atoms with E-state index in [0.717, 1.165) is 15.2 Å². The van der Waals surface area contributed by atoms with E-state index in [1.807, 2.05) is 6.07 Å². The van der Waals surface area contributed by atoms with Crippen LogP contribution in [0.15, 0.2) is 35.1 Å². The maximum atomic E-state index is 11.3. The highest BCUT2D eigenvalue weighted by Gasteiger charge is 2.06. The second-order valence-corrected chi connectivity index (χ2v) is 3.90. The SMILES string of the molecule is COC(=O)c1ccc2c(Br)cncc2c1. The fraction of sp³-hybridized carbons (Fsp3) is 0.0909. The third-order valence-electron chi connectivity index (χ3n) is 2.13. The van der Waals surface area contributed by atoms with Crippen molar-refractivity contribution >= 4 is 32.7 Å². The Morgan fingerprint density at radius 2 is 2.20 bits per heavy atom. The van der Waals surface area contributed by atoms with Crippen molar-refractivity contribution in [2.24, 2.45) is 0 Å². The molecule has 0 radical (unpaired) electrons. The summed E-state index contributed by atoms with van der Waals surface area (Å²) >= 11 is 3.40. The molecular formula is C11H8BrNO2. The van der Waals surface area contributed by atoms with E-state index in [1.165, 1.54) is 7.11 Å². The molecule has 1 aromatic heterocycles. The number of fused-ring (bicyclic) bond motifs is 1. The van der Waals surface area contributed by atoms with E-state index < -0.39 is 0 Å². The van der Waals surface area contributed by atoms with Crippen LogP contribution in [0.4, 0.5) is 0 Å². The summed E-state index contributed by atoms with van der Waals surface area (Å²) in [4.78, 5) is 15.3. The molecule has 2 aromatic rings. The molecule has 0 aliphatic rings. The molecule has 76 valence electrons. The largest absolute Gasteiger partial charge is 0.465 e. The molecule has 0 saturated heterocycles. The Kier molecular flexibility index (Phi) is 2.68. The second kappa shape index (κ2) is 3.98. The van der Waals surface area contributed by atoms with E-state index in [0.29, 0.717) is 5.56 Å². The topological polar surface area (TPSA) is 39.2 Å². The zero-order chi connectivity index (χ0) is 10.8. The van der Waals surface area contributed by atoms with Crippen LogP contribution in [0.2, 0.25) is 0 Å². The Labute approximate surface area is 95.2 Å². The summed E-state index contributed by atoms with van der Waals surface area (Å²) in [6, 6.07) is 5.37. The summed E-state index contributed by atoms with van der Waals surface area (Å²) in [5, 5.41) is 1.94. The average Bonchev–Trinajstić information content (AvgIpc) is 2.28. The van der Waals surface area contributed by atoms with Crippen molar-refractivity contribution in [2.45, 2.75) is 0 Å². The number of ether oxygens (including phenoxy) is 1. The zero-order valence-corrected chi connectivity index (χ0v) is 9.61. The molecule has 0 N–H and O–H groups in total. The van der Waals surface area contributed by atoms with Crippen LogP contribution in [0.25, 0.3) is 10.8 Å². The van der Waals surface area contributed by atoms with Crippen LogP contribution in [-0.2, 0) is 4.74 Å². The van der Waals surface area contributed by atoms with E-state index >= 15 is 0 Å². The minimum Gasteiger partial charge on any atom is -0.465 e. The van der Waals surface area contributed by atoms with Gasteiger partial charge in [0.05, 0.1) is 12.7 Å². The number of hydrogen-bond donors (Lipinski definition) is 0. The number of carbonyl (C=O) groups excluding carboxylic acids is 1. The van der Waals surface area contributed by atoms with Gasteiger partial charge in [0.25, 0.3) is 0 Å². The van der Waals surface area contributed by atoms with Gasteiger partial charge in [0.15, 0.2) is 0 Å². The van der Waals surface area contributed by atoms with Gasteiger partial charge in [-0.1, -0.05) is 6.07 Å². The molecule has 3 nitrogen and oxygen atoms in total. The molecule has 0 aliphatic heterocycles. The Morgan fingerprint density at radius 1 is 1.40 bits per heavy atom. The highest BCUT2D eigenvalue weighted by molar-refractivity contribution is 9.10. The number of pyridine rings is 1. The summed E-state index contributed by atoms with van der Waals surface area (Å²) in [5.41, 5.74) is 0.532. The molecule has 15 heavy (non-hydrogen) atoms. The summed E-state index contributed by atoms with van der Waals surface area (Å²) in [5.74, 6) is -0.336. The molecule has 1 heterocycles. The van der Waals surface area contributed by atoms with E-state index in [-0.39, 0.29) is 5.97 Å². The molecule has 0 aliphatic carbocycles. The van der Waals surface area contributed by atoms with Gasteiger partial charge in [-0.2, -0.15) is 0 Å². The summed E-state index contributed by atoms with van der Waals surface area (Å²) in [6.45, 7) is 0. The summed E-state index contributed by atoms with van der Waals surface area (Å²) in [7, 11) is 1.37. The Morgan fingerprint density at radius 3 is 2.93 bits per heavy atom. The minimum absolute atomic E-state index is 0.336. The second-order valence-electron chi connectivity index (χ2n) is 3.05. The maximum absolute atomic E-state index is 11.3. The first-order valence-corrected chi connectivity index (χ1v) is 5.13. The van der Waals surface area contributed by atoms with Gasteiger partial charge in [0.2, 0.25) is 0 Å². The predicted octanol–water partition coefficient (Wildman–Crippen LogP) is 2.78. The molecule has 0 fully saturated rings. The monoisotopic (exact) mass is 265 g/mol. The quantitative estimate of drug-likeness (QED) is 0.745. The highest BCUT2D eigenvalue weighted by atomic mass is 79.9. The van der Waals surface area contributed by atoms with Crippen LogP contribution >= 0.6 is 15.9 Å². The predicted molar refractivity (Wildman–Crippen MR) is 60.8 cm³/mol. The van der Waals surface area contributed by atoms with Gasteiger partial charge >= 0.3 is 5.97 Å². The van der Waals surface area contributed by atoms with Crippen LogP contribution in [-0.4, -0.2) is 18.1 Å². The van der Waals surface area contributed by atoms with Crippen molar-refractivity contribution in [2.75, 3.05) is 7.11 Å². The van der Waals surface area contributed by atoms with Gasteiger partial charge in [0, 0.05) is 22.3 Å². The molecule has 4 heteroatoms. The number of aromatic nitrogens is 1. The van der Waals surface area contributed by atoms with Gasteiger partial charge in [-0.3, -0.25) is 4.98 Å². The van der Waals surface area contributed by atoms with Crippen molar-refractivity contribution < 1.29 is 9.53 Å². The van der Waals surface area contributed by atoms with Crippen molar-refractivity contribution in [1.29, 1.82) is 0 Å². The van der Waals surface area contributed by atoms with Crippen molar-refractivity contribution in [1.82, 2.24) is 4.98 Å². The summed E-state index contributed by atoms with van der Waals surface area (Å²) < 4.78 is 5.56. The average molecular weight is 266 g/mol. The van der Waals surface area contributed by atoms with E-state index in [2.05, 4.69) is 25.7 Å². The first kappa shape index (κ1) is 10.1. The highest BCUT2D eigenvalue weighted by Crippen LogP contribution is 2.23. The fourth-order valence-electron chi connectivity index (χ4n) is 1.38. The third kappa shape index (κ3) is 1.85. The Balaban J connectivity index is 2.62. The lowest BCUT2D eigenvalue weighted by Gasteiger charge is -2.02. The smallest absolute Gasteiger partial charge is 0.337 e. The van der Waals surface area contributed by atoms with E-state index in [9.17, 15) is 4.79 Å². The maximum Gasteiger partial charge on any atom is 0.337 e. The van der Waals surface area contributed by atoms with Crippen LogP contribution in [0.3, 0.4) is 0 Å². The van der Waals surface area contributed by atoms with Crippen LogP contribution in [0.1, 0.15) is 10.4 Å². The molecular weight excluding hydrogens is 258 g/mol. The number of rotatable bonds is 1. The first-order chi connectivity index (χ1) is 7.22. The molecule has 0 saturated carbocycles. The first-order valence-electron chi connectivity index (χ1n) is 4.34. The number of methoxy groups -OCH3 is 1. The number of hydrogen-bond acceptors (Lipinski definition) is 3. The number of esters is 1. The van der Waals surface area contributed by atoms with Gasteiger partial charge in [-0.25, -0.2) is 4.79 Å². The molecule has 2 rings (SSSR count). The van der Waals surface area contributed by atoms with Crippen molar-refractivity contribution in [3.05, 3.63) is 40.6 Å². The van der Waals surface area contributed by atoms with E-state index in [4.69, 9.17) is 0 Å². The van der Waals surface area contributed by atoms with Gasteiger partial charge in [0.1, 0.15) is 0 Å². The molecule has 0 spiro atoms. The normalized spacial score (nSPS) is 10.3. The lowest BCUT2D eigenvalue weighted by atomic mass is 10.1. The van der Waals surface area contributed by atoms with Gasteiger partial charge in [-0.05, 0) is 33.4 Å². The summed E-state index contributed by atoms with van der Waals surface area (Å²) in [6.07, 6.45) is 3.44. The van der Waals surface area contributed by atoms with Crippen molar-refractivity contribution in [3.63, 3.8) is 0 Å².